The van der Waals surface area contributed by atoms with Gasteiger partial charge in [-0.15, -0.1) is 0 Å². The van der Waals surface area contributed by atoms with E-state index in [2.05, 4.69) is 43.5 Å². The van der Waals surface area contributed by atoms with Crippen molar-refractivity contribution in [3.63, 3.8) is 0 Å². The molecule has 0 spiro atoms. The molecule has 0 saturated carbocycles. The standard InChI is InChI=1S/C47H87NO8/c1-3-5-7-9-11-13-15-17-18-19-20-21-22-23-25-27-29-31-33-35-37-43(51)48-40(39-55-47-46(54)45(53)44(52)42(38-49)56-47)41(50)36-34-32-30-28-26-24-16-14-12-10-8-6-4-2/h17-18,28,30,34,36,40-42,44-47,49-50,52-54H,3-16,19-27,29,31-33,35,37-39H2,1-2H3,(H,48,51)/b18-17-,30-28?,36-34+/t40-,41+,42+,44+,45-,46+,47+/m0/s1. The number of carbonyl (C=O) groups is 1. The highest BCUT2D eigenvalue weighted by molar-refractivity contribution is 5.76. The molecule has 9 nitrogen and oxygen atoms in total. The van der Waals surface area contributed by atoms with E-state index in [1.165, 1.54) is 148 Å². The Morgan fingerprint density at radius 1 is 0.607 bits per heavy atom. The minimum Gasteiger partial charge on any atom is -0.394 e. The van der Waals surface area contributed by atoms with Gasteiger partial charge in [-0.2, -0.15) is 0 Å². The van der Waals surface area contributed by atoms with Gasteiger partial charge in [0.1, 0.15) is 24.4 Å². The van der Waals surface area contributed by atoms with Gasteiger partial charge in [0, 0.05) is 6.42 Å². The van der Waals surface area contributed by atoms with Gasteiger partial charge >= 0.3 is 0 Å². The first-order valence-corrected chi connectivity index (χ1v) is 23.2. The minimum absolute atomic E-state index is 0.192. The maximum absolute atomic E-state index is 12.9. The molecule has 1 rings (SSSR count). The molecule has 7 atom stereocenters. The lowest BCUT2D eigenvalue weighted by Gasteiger charge is -2.40. The van der Waals surface area contributed by atoms with E-state index in [1.54, 1.807) is 6.08 Å². The monoisotopic (exact) mass is 794 g/mol. The summed E-state index contributed by atoms with van der Waals surface area (Å²) < 4.78 is 11.2. The second kappa shape index (κ2) is 37.7. The first kappa shape index (κ1) is 52.4. The SMILES string of the molecule is CCCCCCCC/C=C\CCCCCCCCCCCCC(=O)N[C@@H](CO[C@@H]1O[C@H](CO)[C@@H](O)[C@H](O)[C@H]1O)[C@H](O)/C=C/CC=CCCCCCCCCCC. The van der Waals surface area contributed by atoms with Crippen molar-refractivity contribution < 1.29 is 39.8 Å². The Morgan fingerprint density at radius 2 is 1.05 bits per heavy atom. The second-order valence-corrected chi connectivity index (χ2v) is 16.2. The topological polar surface area (TPSA) is 149 Å². The van der Waals surface area contributed by atoms with Crippen LogP contribution in [0.1, 0.15) is 200 Å². The molecule has 56 heavy (non-hydrogen) atoms. The molecular formula is C47H87NO8. The molecule has 1 amide bonds. The summed E-state index contributed by atoms with van der Waals surface area (Å²) in [6.45, 7) is 3.73. The highest BCUT2D eigenvalue weighted by atomic mass is 16.7. The van der Waals surface area contributed by atoms with Crippen LogP contribution in [0.15, 0.2) is 36.5 Å². The summed E-state index contributed by atoms with van der Waals surface area (Å²) in [5, 5.41) is 54.1. The zero-order valence-corrected chi connectivity index (χ0v) is 35.9. The van der Waals surface area contributed by atoms with Gasteiger partial charge in [-0.1, -0.05) is 179 Å². The lowest BCUT2D eigenvalue weighted by Crippen LogP contribution is -2.60. The molecule has 0 unspecified atom stereocenters. The molecule has 0 aromatic carbocycles. The number of rotatable bonds is 38. The molecule has 0 aromatic rings. The van der Waals surface area contributed by atoms with E-state index >= 15 is 0 Å². The summed E-state index contributed by atoms with van der Waals surface area (Å²) in [6.07, 6.45) is 39.1. The van der Waals surface area contributed by atoms with E-state index < -0.39 is 49.5 Å². The van der Waals surface area contributed by atoms with Crippen molar-refractivity contribution in [2.45, 2.75) is 243 Å². The van der Waals surface area contributed by atoms with E-state index in [0.29, 0.717) is 12.8 Å². The van der Waals surface area contributed by atoms with Gasteiger partial charge in [0.25, 0.3) is 0 Å². The molecule has 1 fully saturated rings. The van der Waals surface area contributed by atoms with Gasteiger partial charge in [-0.05, 0) is 51.4 Å². The van der Waals surface area contributed by atoms with Crippen molar-refractivity contribution in [1.82, 2.24) is 5.32 Å². The first-order valence-electron chi connectivity index (χ1n) is 23.2. The highest BCUT2D eigenvalue weighted by Gasteiger charge is 2.44. The predicted molar refractivity (Wildman–Crippen MR) is 230 cm³/mol. The van der Waals surface area contributed by atoms with Crippen LogP contribution >= 0.6 is 0 Å². The lowest BCUT2D eigenvalue weighted by atomic mass is 9.99. The third-order valence-corrected chi connectivity index (χ3v) is 11.0. The van der Waals surface area contributed by atoms with Crippen molar-refractivity contribution in [3.8, 4) is 0 Å². The molecule has 9 heteroatoms. The average molecular weight is 794 g/mol. The summed E-state index contributed by atoms with van der Waals surface area (Å²) in [5.74, 6) is -0.192. The number of carbonyl (C=O) groups excluding carboxylic acids is 1. The molecule has 0 aromatic heterocycles. The Balaban J connectivity index is 2.34. The third kappa shape index (κ3) is 27.9. The van der Waals surface area contributed by atoms with Gasteiger partial charge in [0.15, 0.2) is 6.29 Å². The molecule has 0 bridgehead atoms. The zero-order chi connectivity index (χ0) is 40.9. The normalized spacial score (nSPS) is 21.4. The summed E-state index contributed by atoms with van der Waals surface area (Å²) in [5.41, 5.74) is 0. The van der Waals surface area contributed by atoms with Gasteiger partial charge in [-0.25, -0.2) is 0 Å². The van der Waals surface area contributed by atoms with E-state index in [4.69, 9.17) is 9.47 Å². The fourth-order valence-electron chi connectivity index (χ4n) is 7.19. The maximum Gasteiger partial charge on any atom is 0.220 e. The maximum atomic E-state index is 12.9. The van der Waals surface area contributed by atoms with Crippen molar-refractivity contribution >= 4 is 5.91 Å². The Hall–Kier alpha value is -1.59. The van der Waals surface area contributed by atoms with Crippen molar-refractivity contribution in [3.05, 3.63) is 36.5 Å². The van der Waals surface area contributed by atoms with Gasteiger partial charge in [0.2, 0.25) is 5.91 Å². The van der Waals surface area contributed by atoms with Crippen LogP contribution in [0, 0.1) is 0 Å². The van der Waals surface area contributed by atoms with Gasteiger partial charge in [-0.3, -0.25) is 4.79 Å². The molecule has 0 radical (unpaired) electrons. The number of nitrogens with one attached hydrogen (secondary N) is 1. The van der Waals surface area contributed by atoms with Crippen molar-refractivity contribution in [2.75, 3.05) is 13.2 Å². The smallest absolute Gasteiger partial charge is 0.220 e. The Kier molecular flexibility index (Phi) is 35.3. The van der Waals surface area contributed by atoms with Crippen molar-refractivity contribution in [2.24, 2.45) is 0 Å². The second-order valence-electron chi connectivity index (χ2n) is 16.2. The molecule has 328 valence electrons. The number of hydrogen-bond donors (Lipinski definition) is 6. The zero-order valence-electron chi connectivity index (χ0n) is 35.9. The van der Waals surface area contributed by atoms with Crippen LogP contribution in [-0.4, -0.2) is 87.5 Å². The minimum atomic E-state index is -1.57. The Labute approximate surface area is 342 Å². The summed E-state index contributed by atoms with van der Waals surface area (Å²) in [6, 6.07) is -0.825. The third-order valence-electron chi connectivity index (χ3n) is 11.0. The first-order chi connectivity index (χ1) is 27.3. The molecule has 6 N–H and O–H groups in total. The number of hydrogen-bond acceptors (Lipinski definition) is 8. The van der Waals surface area contributed by atoms with Crippen molar-refractivity contribution in [1.29, 1.82) is 0 Å². The molecule has 1 aliphatic rings. The number of allylic oxidation sites excluding steroid dienone is 5. The summed E-state index contributed by atoms with van der Waals surface area (Å²) in [7, 11) is 0. The number of aliphatic hydroxyl groups excluding tert-OH is 5. The molecule has 0 aliphatic carbocycles. The van der Waals surface area contributed by atoms with Crippen LogP contribution in [0.25, 0.3) is 0 Å². The fourth-order valence-corrected chi connectivity index (χ4v) is 7.19. The van der Waals surface area contributed by atoms with E-state index in [1.807, 2.05) is 6.08 Å². The average Bonchev–Trinajstić information content (AvgIpc) is 3.20. The van der Waals surface area contributed by atoms with Gasteiger partial charge in [0.05, 0.1) is 25.4 Å². The largest absolute Gasteiger partial charge is 0.394 e. The summed E-state index contributed by atoms with van der Waals surface area (Å²) >= 11 is 0. The Morgan fingerprint density at radius 3 is 1.54 bits per heavy atom. The molecule has 1 saturated heterocycles. The van der Waals surface area contributed by atoms with E-state index in [-0.39, 0.29) is 12.5 Å². The van der Waals surface area contributed by atoms with Gasteiger partial charge < -0.3 is 40.3 Å². The highest BCUT2D eigenvalue weighted by Crippen LogP contribution is 2.22. The van der Waals surface area contributed by atoms with E-state index in [0.717, 1.165) is 25.7 Å². The number of unbranched alkanes of at least 4 members (excludes halogenated alkanes) is 24. The predicted octanol–water partition coefficient (Wildman–Crippen LogP) is 9.67. The molecule has 1 heterocycles. The van der Waals surface area contributed by atoms with Crippen LogP contribution in [-0.2, 0) is 14.3 Å². The van der Waals surface area contributed by atoms with Crippen LogP contribution < -0.4 is 5.32 Å². The Bertz CT molecular complexity index is 972. The van der Waals surface area contributed by atoms with Crippen LogP contribution in [0.4, 0.5) is 0 Å². The lowest BCUT2D eigenvalue weighted by molar-refractivity contribution is -0.302. The van der Waals surface area contributed by atoms with Crippen LogP contribution in [0.3, 0.4) is 0 Å². The number of aliphatic hydroxyl groups is 5. The number of amides is 1. The van der Waals surface area contributed by atoms with E-state index in [9.17, 15) is 30.3 Å². The quantitative estimate of drug-likeness (QED) is 0.0268. The molecular weight excluding hydrogens is 707 g/mol. The summed E-state index contributed by atoms with van der Waals surface area (Å²) in [4.78, 5) is 12.9. The number of ether oxygens (including phenoxy) is 2. The fraction of sp³-hybridized carbons (Fsp3) is 0.851. The van der Waals surface area contributed by atoms with Crippen LogP contribution in [0.2, 0.25) is 0 Å². The molecule has 1 aliphatic heterocycles. The van der Waals surface area contributed by atoms with Crippen LogP contribution in [0.5, 0.6) is 0 Å².